The highest BCUT2D eigenvalue weighted by atomic mass is 15.2. The van der Waals surface area contributed by atoms with E-state index in [-0.39, 0.29) is 0 Å². The summed E-state index contributed by atoms with van der Waals surface area (Å²) in [6, 6.07) is 22.5. The Bertz CT molecular complexity index is 687. The molecule has 28 heavy (non-hydrogen) atoms. The highest BCUT2D eigenvalue weighted by molar-refractivity contribution is 5.16. The van der Waals surface area contributed by atoms with Crippen LogP contribution in [0.5, 0.6) is 0 Å². The van der Waals surface area contributed by atoms with E-state index in [1.807, 2.05) is 0 Å². The maximum atomic E-state index is 3.83. The second-order valence-corrected chi connectivity index (χ2v) is 8.66. The molecule has 2 aliphatic heterocycles. The Balaban J connectivity index is 1.14. The minimum atomic E-state index is 0.661. The number of piperidine rings is 1. The SMILES string of the molecule is c1ccc(CC2CCCN(CCNC3CCN(Cc4ccccc4)C3)C2)cc1. The van der Waals surface area contributed by atoms with Crippen LogP contribution in [0, 0.1) is 5.92 Å². The molecule has 2 fully saturated rings. The Labute approximate surface area is 170 Å². The first kappa shape index (κ1) is 19.6. The number of rotatable bonds is 8. The summed E-state index contributed by atoms with van der Waals surface area (Å²) < 4.78 is 0. The van der Waals surface area contributed by atoms with E-state index in [2.05, 4.69) is 75.8 Å². The Hall–Kier alpha value is -1.68. The summed E-state index contributed by atoms with van der Waals surface area (Å²) >= 11 is 0. The van der Waals surface area contributed by atoms with Crippen LogP contribution < -0.4 is 5.32 Å². The zero-order valence-electron chi connectivity index (χ0n) is 17.1. The van der Waals surface area contributed by atoms with E-state index >= 15 is 0 Å². The van der Waals surface area contributed by atoms with Crippen molar-refractivity contribution in [3.8, 4) is 0 Å². The van der Waals surface area contributed by atoms with Crippen molar-refractivity contribution in [3.63, 3.8) is 0 Å². The largest absolute Gasteiger partial charge is 0.311 e. The highest BCUT2D eigenvalue weighted by Crippen LogP contribution is 2.20. The van der Waals surface area contributed by atoms with Crippen LogP contribution in [0.3, 0.4) is 0 Å². The average molecular weight is 378 g/mol. The van der Waals surface area contributed by atoms with Crippen molar-refractivity contribution in [2.75, 3.05) is 39.3 Å². The van der Waals surface area contributed by atoms with Gasteiger partial charge in [-0.3, -0.25) is 4.90 Å². The number of hydrogen-bond acceptors (Lipinski definition) is 3. The second-order valence-electron chi connectivity index (χ2n) is 8.66. The molecule has 2 aromatic rings. The van der Waals surface area contributed by atoms with Gasteiger partial charge in [0.2, 0.25) is 0 Å². The zero-order valence-corrected chi connectivity index (χ0v) is 17.1. The molecule has 2 aliphatic rings. The predicted molar refractivity (Wildman–Crippen MR) is 117 cm³/mol. The molecule has 3 heteroatoms. The lowest BCUT2D eigenvalue weighted by Crippen LogP contribution is -2.42. The molecule has 2 heterocycles. The summed E-state index contributed by atoms with van der Waals surface area (Å²) in [7, 11) is 0. The van der Waals surface area contributed by atoms with Gasteiger partial charge in [-0.25, -0.2) is 0 Å². The highest BCUT2D eigenvalue weighted by Gasteiger charge is 2.23. The number of likely N-dealkylation sites (tertiary alicyclic amines) is 2. The molecule has 0 amide bonds. The fourth-order valence-electron chi connectivity index (χ4n) is 4.88. The number of hydrogen-bond donors (Lipinski definition) is 1. The normalized spacial score (nSPS) is 23.9. The third-order valence-corrected chi connectivity index (χ3v) is 6.35. The van der Waals surface area contributed by atoms with Gasteiger partial charge in [0.1, 0.15) is 0 Å². The van der Waals surface area contributed by atoms with Gasteiger partial charge in [0.15, 0.2) is 0 Å². The number of benzene rings is 2. The first-order chi connectivity index (χ1) is 13.8. The molecule has 1 N–H and O–H groups in total. The van der Waals surface area contributed by atoms with Gasteiger partial charge in [0, 0.05) is 45.3 Å². The van der Waals surface area contributed by atoms with E-state index in [0.717, 1.165) is 19.0 Å². The van der Waals surface area contributed by atoms with E-state index in [1.54, 1.807) is 0 Å². The van der Waals surface area contributed by atoms with Crippen LogP contribution in [0.15, 0.2) is 60.7 Å². The van der Waals surface area contributed by atoms with Gasteiger partial charge in [-0.15, -0.1) is 0 Å². The Morgan fingerprint density at radius 1 is 0.786 bits per heavy atom. The van der Waals surface area contributed by atoms with Crippen LogP contribution in [0.4, 0.5) is 0 Å². The molecule has 2 aromatic carbocycles. The lowest BCUT2D eigenvalue weighted by atomic mass is 9.91. The molecule has 0 radical (unpaired) electrons. The van der Waals surface area contributed by atoms with Gasteiger partial charge in [0.05, 0.1) is 0 Å². The lowest BCUT2D eigenvalue weighted by Gasteiger charge is -2.33. The van der Waals surface area contributed by atoms with Crippen LogP contribution in [0.1, 0.15) is 30.4 Å². The van der Waals surface area contributed by atoms with E-state index in [9.17, 15) is 0 Å². The molecule has 2 unspecified atom stereocenters. The van der Waals surface area contributed by atoms with Crippen LogP contribution >= 0.6 is 0 Å². The zero-order chi connectivity index (χ0) is 19.0. The maximum absolute atomic E-state index is 3.83. The molecule has 150 valence electrons. The van der Waals surface area contributed by atoms with E-state index < -0.39 is 0 Å². The molecular formula is C25H35N3. The minimum Gasteiger partial charge on any atom is -0.311 e. The van der Waals surface area contributed by atoms with Crippen molar-refractivity contribution in [2.45, 2.75) is 38.3 Å². The van der Waals surface area contributed by atoms with Crippen molar-refractivity contribution in [1.29, 1.82) is 0 Å². The molecule has 0 bridgehead atoms. The monoisotopic (exact) mass is 377 g/mol. The van der Waals surface area contributed by atoms with Gasteiger partial charge in [-0.05, 0) is 49.3 Å². The van der Waals surface area contributed by atoms with E-state index in [1.165, 1.54) is 69.5 Å². The molecule has 2 atom stereocenters. The summed E-state index contributed by atoms with van der Waals surface area (Å²) in [4.78, 5) is 5.27. The van der Waals surface area contributed by atoms with Gasteiger partial charge in [-0.1, -0.05) is 60.7 Å². The van der Waals surface area contributed by atoms with Gasteiger partial charge in [0.25, 0.3) is 0 Å². The summed E-state index contributed by atoms with van der Waals surface area (Å²) in [5, 5.41) is 3.83. The minimum absolute atomic E-state index is 0.661. The van der Waals surface area contributed by atoms with Crippen LogP contribution in [-0.4, -0.2) is 55.1 Å². The first-order valence-electron chi connectivity index (χ1n) is 11.1. The molecule has 3 nitrogen and oxygen atoms in total. The quantitative estimate of drug-likeness (QED) is 0.755. The van der Waals surface area contributed by atoms with Crippen molar-refractivity contribution in [1.82, 2.24) is 15.1 Å². The standard InChI is InChI=1S/C25H35N3/c1-3-8-22(9-4-1)18-24-12-7-15-27(20-24)17-14-26-25-13-16-28(21-25)19-23-10-5-2-6-11-23/h1-6,8-11,24-26H,7,12-21H2. The number of nitrogens with one attached hydrogen (secondary N) is 1. The molecule has 0 aliphatic carbocycles. The van der Waals surface area contributed by atoms with Crippen LogP contribution in [0.2, 0.25) is 0 Å². The Kier molecular flexibility index (Phi) is 7.15. The topological polar surface area (TPSA) is 18.5 Å². The third kappa shape index (κ3) is 5.91. The smallest absolute Gasteiger partial charge is 0.0234 e. The molecule has 2 saturated heterocycles. The summed E-state index contributed by atoms with van der Waals surface area (Å²) in [6.45, 7) is 8.36. The summed E-state index contributed by atoms with van der Waals surface area (Å²) in [6.07, 6.45) is 5.26. The predicted octanol–water partition coefficient (Wildman–Crippen LogP) is 3.81. The van der Waals surface area contributed by atoms with Crippen molar-refractivity contribution in [3.05, 3.63) is 71.8 Å². The van der Waals surface area contributed by atoms with Crippen molar-refractivity contribution in [2.24, 2.45) is 5.92 Å². The lowest BCUT2D eigenvalue weighted by molar-refractivity contribution is 0.173. The maximum Gasteiger partial charge on any atom is 0.0234 e. The summed E-state index contributed by atoms with van der Waals surface area (Å²) in [5.41, 5.74) is 2.93. The molecule has 0 aromatic heterocycles. The van der Waals surface area contributed by atoms with E-state index in [0.29, 0.717) is 6.04 Å². The first-order valence-corrected chi connectivity index (χ1v) is 11.1. The Morgan fingerprint density at radius 3 is 2.32 bits per heavy atom. The van der Waals surface area contributed by atoms with Crippen molar-refractivity contribution < 1.29 is 0 Å². The fourth-order valence-corrected chi connectivity index (χ4v) is 4.88. The van der Waals surface area contributed by atoms with Gasteiger partial charge >= 0.3 is 0 Å². The second kappa shape index (κ2) is 10.2. The summed E-state index contributed by atoms with van der Waals surface area (Å²) in [5.74, 6) is 0.823. The molecular weight excluding hydrogens is 342 g/mol. The fraction of sp³-hybridized carbons (Fsp3) is 0.520. The molecule has 4 rings (SSSR count). The Morgan fingerprint density at radius 2 is 1.54 bits per heavy atom. The molecule has 0 spiro atoms. The third-order valence-electron chi connectivity index (χ3n) is 6.35. The van der Waals surface area contributed by atoms with Gasteiger partial charge in [-0.2, -0.15) is 0 Å². The van der Waals surface area contributed by atoms with Crippen molar-refractivity contribution >= 4 is 0 Å². The molecule has 0 saturated carbocycles. The van der Waals surface area contributed by atoms with Crippen LogP contribution in [-0.2, 0) is 13.0 Å². The van der Waals surface area contributed by atoms with Crippen LogP contribution in [0.25, 0.3) is 0 Å². The van der Waals surface area contributed by atoms with E-state index in [4.69, 9.17) is 0 Å². The van der Waals surface area contributed by atoms with Gasteiger partial charge < -0.3 is 10.2 Å². The average Bonchev–Trinajstić information content (AvgIpc) is 3.17. The number of nitrogens with zero attached hydrogens (tertiary/aromatic N) is 2.